The van der Waals surface area contributed by atoms with Crippen LogP contribution in [0.1, 0.15) is 15.9 Å². The molecule has 26 heavy (non-hydrogen) atoms. The molecule has 0 N–H and O–H groups in total. The van der Waals surface area contributed by atoms with Gasteiger partial charge >= 0.3 is 6.18 Å². The zero-order valence-corrected chi connectivity index (χ0v) is 13.8. The zero-order chi connectivity index (χ0) is 18.9. The lowest BCUT2D eigenvalue weighted by atomic mass is 10.1. The Hall–Kier alpha value is -2.94. The normalized spacial score (nSPS) is 12.1. The first-order chi connectivity index (χ1) is 12.2. The summed E-state index contributed by atoms with van der Waals surface area (Å²) in [7, 11) is -4.39. The predicted octanol–water partition coefficient (Wildman–Crippen LogP) is 3.62. The molecule has 134 valence electrons. The van der Waals surface area contributed by atoms with Crippen LogP contribution in [0, 0.1) is 0 Å². The minimum absolute atomic E-state index is 0.0763. The molecule has 0 spiro atoms. The highest BCUT2D eigenvalue weighted by Gasteiger charge is 2.33. The molecule has 0 saturated carbocycles. The Bertz CT molecular complexity index is 1060. The summed E-state index contributed by atoms with van der Waals surface area (Å²) in [6.07, 6.45) is -1.83. The maximum Gasteiger partial charge on any atom is 0.417 e. The molecule has 3 rings (SSSR count). The van der Waals surface area contributed by atoms with E-state index in [1.165, 1.54) is 6.07 Å². The number of carbonyl (C=O) groups is 1. The van der Waals surface area contributed by atoms with E-state index < -0.39 is 26.7 Å². The van der Waals surface area contributed by atoms with Crippen molar-refractivity contribution >= 4 is 16.3 Å². The number of halogens is 3. The van der Waals surface area contributed by atoms with Crippen molar-refractivity contribution in [3.63, 3.8) is 0 Å². The summed E-state index contributed by atoms with van der Waals surface area (Å²) >= 11 is 0. The zero-order valence-electron chi connectivity index (χ0n) is 13.0. The van der Waals surface area contributed by atoms with Gasteiger partial charge < -0.3 is 0 Å². The van der Waals surface area contributed by atoms with Gasteiger partial charge in [0.15, 0.2) is 6.29 Å². The maximum atomic E-state index is 12.9. The van der Waals surface area contributed by atoms with E-state index in [4.69, 9.17) is 0 Å². The van der Waals surface area contributed by atoms with Gasteiger partial charge in [-0.1, -0.05) is 30.3 Å². The van der Waals surface area contributed by atoms with E-state index in [1.54, 1.807) is 30.3 Å². The van der Waals surface area contributed by atoms with Crippen molar-refractivity contribution < 1.29 is 26.4 Å². The van der Waals surface area contributed by atoms with Crippen LogP contribution in [0.3, 0.4) is 0 Å². The van der Waals surface area contributed by atoms with E-state index in [-0.39, 0.29) is 11.3 Å². The van der Waals surface area contributed by atoms with E-state index in [0.717, 1.165) is 16.4 Å². The molecule has 0 amide bonds. The van der Waals surface area contributed by atoms with Crippen LogP contribution in [-0.4, -0.2) is 23.7 Å². The summed E-state index contributed by atoms with van der Waals surface area (Å²) in [5.41, 5.74) is -0.454. The Morgan fingerprint density at radius 1 is 1.04 bits per heavy atom. The molecule has 0 bridgehead atoms. The molecule has 0 aliphatic rings. The van der Waals surface area contributed by atoms with E-state index in [1.807, 2.05) is 0 Å². The van der Waals surface area contributed by atoms with Crippen LogP contribution in [0.4, 0.5) is 13.2 Å². The summed E-state index contributed by atoms with van der Waals surface area (Å²) in [5.74, 6) is 0. The first-order valence-electron chi connectivity index (χ1n) is 7.24. The van der Waals surface area contributed by atoms with E-state index in [0.29, 0.717) is 24.1 Å². The van der Waals surface area contributed by atoms with Gasteiger partial charge in [0.25, 0.3) is 10.0 Å². The summed E-state index contributed by atoms with van der Waals surface area (Å²) < 4.78 is 65.2. The lowest BCUT2D eigenvalue weighted by Gasteiger charge is -2.12. The molecule has 5 nitrogen and oxygen atoms in total. The highest BCUT2D eigenvalue weighted by Crippen LogP contribution is 2.31. The summed E-state index contributed by atoms with van der Waals surface area (Å²) in [4.78, 5) is 13.8. The molecule has 0 unspecified atom stereocenters. The average molecular weight is 380 g/mol. The third kappa shape index (κ3) is 3.25. The second kappa shape index (κ2) is 6.41. The number of carbonyl (C=O) groups excluding carboxylic acids is 1. The SMILES string of the molecule is O=Cc1cc(-c2ccccc2)n(S(=O)(=O)c2cncc(C(F)(F)F)c2)c1. The molecule has 0 atom stereocenters. The van der Waals surface area contributed by atoms with Crippen molar-refractivity contribution in [2.45, 2.75) is 11.1 Å². The highest BCUT2D eigenvalue weighted by molar-refractivity contribution is 7.90. The van der Waals surface area contributed by atoms with Crippen LogP contribution < -0.4 is 0 Å². The molecule has 2 heterocycles. The van der Waals surface area contributed by atoms with Crippen LogP contribution in [0.15, 0.2) is 66.0 Å². The monoisotopic (exact) mass is 380 g/mol. The van der Waals surface area contributed by atoms with Crippen molar-refractivity contribution in [1.29, 1.82) is 0 Å². The largest absolute Gasteiger partial charge is 0.417 e. The quantitative estimate of drug-likeness (QED) is 0.649. The van der Waals surface area contributed by atoms with Crippen LogP contribution in [-0.2, 0) is 16.2 Å². The standard InChI is InChI=1S/C17H11F3N2O3S/c18-17(19,20)14-7-15(9-21-8-14)26(24,25)22-10-12(11-23)6-16(22)13-4-2-1-3-5-13/h1-11H. The Morgan fingerprint density at radius 3 is 2.35 bits per heavy atom. The van der Waals surface area contributed by atoms with Crippen LogP contribution in [0.2, 0.25) is 0 Å². The number of benzene rings is 1. The van der Waals surface area contributed by atoms with Gasteiger partial charge in [-0.25, -0.2) is 12.4 Å². The van der Waals surface area contributed by atoms with Crippen LogP contribution in [0.25, 0.3) is 11.3 Å². The fraction of sp³-hybridized carbons (Fsp3) is 0.0588. The van der Waals surface area contributed by atoms with Gasteiger partial charge in [0, 0.05) is 24.2 Å². The molecule has 9 heteroatoms. The van der Waals surface area contributed by atoms with Gasteiger partial charge in [-0.2, -0.15) is 13.2 Å². The molecule has 0 fully saturated rings. The van der Waals surface area contributed by atoms with Gasteiger partial charge in [-0.05, 0) is 17.7 Å². The van der Waals surface area contributed by atoms with Crippen molar-refractivity contribution in [2.24, 2.45) is 0 Å². The van der Waals surface area contributed by atoms with E-state index in [9.17, 15) is 26.4 Å². The van der Waals surface area contributed by atoms with Gasteiger partial charge in [-0.15, -0.1) is 0 Å². The Morgan fingerprint density at radius 2 is 1.73 bits per heavy atom. The summed E-state index contributed by atoms with van der Waals surface area (Å²) in [6, 6.07) is 10.2. The van der Waals surface area contributed by atoms with Crippen molar-refractivity contribution in [3.8, 4) is 11.3 Å². The van der Waals surface area contributed by atoms with Gasteiger partial charge in [-0.3, -0.25) is 9.78 Å². The van der Waals surface area contributed by atoms with Gasteiger partial charge in [0.05, 0.1) is 11.3 Å². The number of rotatable bonds is 4. The van der Waals surface area contributed by atoms with Crippen LogP contribution >= 0.6 is 0 Å². The third-order valence-electron chi connectivity index (χ3n) is 3.61. The Labute approximate surface area is 146 Å². The number of alkyl halides is 3. The molecular weight excluding hydrogens is 369 g/mol. The third-order valence-corrected chi connectivity index (χ3v) is 5.25. The molecule has 1 aromatic carbocycles. The summed E-state index contributed by atoms with van der Waals surface area (Å²) in [6.45, 7) is 0. The van der Waals surface area contributed by atoms with E-state index in [2.05, 4.69) is 4.98 Å². The number of hydrogen-bond donors (Lipinski definition) is 0. The maximum absolute atomic E-state index is 12.9. The van der Waals surface area contributed by atoms with Crippen molar-refractivity contribution in [1.82, 2.24) is 8.96 Å². The second-order valence-electron chi connectivity index (χ2n) is 5.35. The number of pyridine rings is 1. The first-order valence-corrected chi connectivity index (χ1v) is 8.68. The van der Waals surface area contributed by atoms with E-state index >= 15 is 0 Å². The molecule has 0 radical (unpaired) electrons. The average Bonchev–Trinajstić information content (AvgIpc) is 3.07. The molecular formula is C17H11F3N2O3S. The lowest BCUT2D eigenvalue weighted by Crippen LogP contribution is -2.15. The minimum Gasteiger partial charge on any atom is -0.298 e. The fourth-order valence-corrected chi connectivity index (χ4v) is 3.75. The Balaban J connectivity index is 2.20. The number of nitrogens with zero attached hydrogens (tertiary/aromatic N) is 2. The molecule has 0 aliphatic carbocycles. The molecule has 0 saturated heterocycles. The second-order valence-corrected chi connectivity index (χ2v) is 7.17. The van der Waals surface area contributed by atoms with Gasteiger partial charge in [0.2, 0.25) is 0 Å². The smallest absolute Gasteiger partial charge is 0.298 e. The fourth-order valence-electron chi connectivity index (χ4n) is 2.37. The number of aldehydes is 1. The highest BCUT2D eigenvalue weighted by atomic mass is 32.2. The van der Waals surface area contributed by atoms with Crippen LogP contribution in [0.5, 0.6) is 0 Å². The number of aromatic nitrogens is 2. The Kier molecular flexibility index (Phi) is 4.41. The number of hydrogen-bond acceptors (Lipinski definition) is 4. The topological polar surface area (TPSA) is 69.0 Å². The predicted molar refractivity (Wildman–Crippen MR) is 87.1 cm³/mol. The van der Waals surface area contributed by atoms with Crippen molar-refractivity contribution in [2.75, 3.05) is 0 Å². The molecule has 2 aromatic heterocycles. The van der Waals surface area contributed by atoms with Gasteiger partial charge in [0.1, 0.15) is 4.90 Å². The minimum atomic E-state index is -4.73. The molecule has 3 aromatic rings. The lowest BCUT2D eigenvalue weighted by molar-refractivity contribution is -0.138. The first kappa shape index (κ1) is 17.9. The summed E-state index contributed by atoms with van der Waals surface area (Å²) in [5, 5.41) is 0. The molecule has 0 aliphatic heterocycles. The van der Waals surface area contributed by atoms with Crippen molar-refractivity contribution in [3.05, 3.63) is 72.2 Å².